The van der Waals surface area contributed by atoms with Crippen LogP contribution in [-0.2, 0) is 14.8 Å². The molecule has 2 aromatic rings. The van der Waals surface area contributed by atoms with Crippen molar-refractivity contribution >= 4 is 39.2 Å². The number of nitrogens with two attached hydrogens (primary N) is 1. The largest absolute Gasteiger partial charge is 0.378 e. The van der Waals surface area contributed by atoms with Gasteiger partial charge in [-0.3, -0.25) is 30.6 Å². The van der Waals surface area contributed by atoms with E-state index in [9.17, 15) is 28.1 Å². The summed E-state index contributed by atoms with van der Waals surface area (Å²) in [7, 11) is -3.59. The number of aromatic nitrogens is 2. The molecule has 0 spiro atoms. The number of benzene rings is 1. The minimum absolute atomic E-state index is 0.0867. The number of hydrogen-bond donors (Lipinski definition) is 4. The van der Waals surface area contributed by atoms with Gasteiger partial charge in [-0.05, 0) is 37.1 Å². The molecule has 170 valence electrons. The Labute approximate surface area is 182 Å². The lowest BCUT2D eigenvalue weighted by molar-refractivity contribution is -0.383. The Kier molecular flexibility index (Phi) is 6.79. The van der Waals surface area contributed by atoms with Gasteiger partial charge in [0.05, 0.1) is 16.4 Å². The van der Waals surface area contributed by atoms with Gasteiger partial charge in [0.25, 0.3) is 11.8 Å². The topological polar surface area (TPSA) is 203 Å². The first-order valence-corrected chi connectivity index (χ1v) is 10.8. The predicted molar refractivity (Wildman–Crippen MR) is 112 cm³/mol. The number of nitrogen functional groups attached to an aromatic ring is 1. The van der Waals surface area contributed by atoms with Crippen molar-refractivity contribution in [2.24, 2.45) is 0 Å². The summed E-state index contributed by atoms with van der Waals surface area (Å²) >= 11 is 0. The average Bonchev–Trinajstić information content (AvgIpc) is 3.31. The van der Waals surface area contributed by atoms with E-state index in [0.717, 1.165) is 19.2 Å². The van der Waals surface area contributed by atoms with Crippen molar-refractivity contribution in [3.8, 4) is 0 Å². The summed E-state index contributed by atoms with van der Waals surface area (Å²) in [5.74, 6) is -2.04. The van der Waals surface area contributed by atoms with Gasteiger partial charge in [0.15, 0.2) is 0 Å². The molecular formula is C17H20N8O6S. The Morgan fingerprint density at radius 3 is 2.44 bits per heavy atom. The molecule has 0 aliphatic carbocycles. The summed E-state index contributed by atoms with van der Waals surface area (Å²) < 4.78 is 26.4. The summed E-state index contributed by atoms with van der Waals surface area (Å²) in [6, 6.07) is 5.37. The van der Waals surface area contributed by atoms with E-state index in [-0.39, 0.29) is 22.1 Å². The SMILES string of the molecule is Nc1ncnc(NNC(=O)CNC(=O)c2ccc(S(=O)(=O)N3CCCC3)cc2)c1[N+](=O)[O-]. The average molecular weight is 464 g/mol. The molecule has 5 N–H and O–H groups in total. The first-order chi connectivity index (χ1) is 15.2. The van der Waals surface area contributed by atoms with Crippen LogP contribution in [0, 0.1) is 10.1 Å². The van der Waals surface area contributed by atoms with Gasteiger partial charge in [-0.25, -0.2) is 18.4 Å². The Morgan fingerprint density at radius 2 is 1.81 bits per heavy atom. The molecule has 2 amide bonds. The van der Waals surface area contributed by atoms with Crippen molar-refractivity contribution in [3.05, 3.63) is 46.3 Å². The quantitative estimate of drug-likeness (QED) is 0.294. The lowest BCUT2D eigenvalue weighted by atomic mass is 10.2. The van der Waals surface area contributed by atoms with Crippen LogP contribution in [0.1, 0.15) is 23.2 Å². The molecule has 3 rings (SSSR count). The summed E-state index contributed by atoms with van der Waals surface area (Å²) in [5, 5.41) is 13.4. The van der Waals surface area contributed by atoms with Gasteiger partial charge in [-0.15, -0.1) is 0 Å². The number of nitrogens with one attached hydrogen (secondary N) is 3. The number of nitro groups is 1. The summed E-state index contributed by atoms with van der Waals surface area (Å²) in [4.78, 5) is 41.6. The van der Waals surface area contributed by atoms with Crippen LogP contribution < -0.4 is 21.9 Å². The number of rotatable bonds is 8. The molecule has 0 atom stereocenters. The van der Waals surface area contributed by atoms with Crippen molar-refractivity contribution in [1.82, 2.24) is 25.0 Å². The predicted octanol–water partition coefficient (Wildman–Crippen LogP) is -0.375. The van der Waals surface area contributed by atoms with Crippen LogP contribution in [-0.4, -0.2) is 59.1 Å². The van der Waals surface area contributed by atoms with Crippen LogP contribution in [0.2, 0.25) is 0 Å². The molecule has 0 saturated carbocycles. The van der Waals surface area contributed by atoms with Gasteiger partial charge in [-0.1, -0.05) is 0 Å². The number of hydrazine groups is 1. The van der Waals surface area contributed by atoms with Gasteiger partial charge < -0.3 is 11.1 Å². The molecule has 2 heterocycles. The summed E-state index contributed by atoms with van der Waals surface area (Å²) in [6.07, 6.45) is 2.61. The third-order valence-electron chi connectivity index (χ3n) is 4.58. The zero-order chi connectivity index (χ0) is 23.3. The van der Waals surface area contributed by atoms with E-state index < -0.39 is 39.0 Å². The maximum atomic E-state index is 12.5. The molecule has 1 aliphatic heterocycles. The Bertz CT molecular complexity index is 1130. The Morgan fingerprint density at radius 1 is 1.16 bits per heavy atom. The summed E-state index contributed by atoms with van der Waals surface area (Å²) in [5.41, 5.74) is 9.37. The number of anilines is 2. The first kappa shape index (κ1) is 22.8. The Balaban J connectivity index is 1.54. The lowest BCUT2D eigenvalue weighted by Gasteiger charge is -2.15. The number of carbonyl (C=O) groups is 2. The second-order valence-corrected chi connectivity index (χ2v) is 8.64. The van der Waals surface area contributed by atoms with E-state index in [1.807, 2.05) is 0 Å². The van der Waals surface area contributed by atoms with E-state index in [0.29, 0.717) is 13.1 Å². The number of carbonyl (C=O) groups excluding carboxylic acids is 2. The molecule has 1 aromatic heterocycles. The second-order valence-electron chi connectivity index (χ2n) is 6.70. The molecule has 15 heteroatoms. The fourth-order valence-corrected chi connectivity index (χ4v) is 4.47. The van der Waals surface area contributed by atoms with Gasteiger partial charge >= 0.3 is 5.69 Å². The first-order valence-electron chi connectivity index (χ1n) is 9.38. The highest BCUT2D eigenvalue weighted by Crippen LogP contribution is 2.25. The fourth-order valence-electron chi connectivity index (χ4n) is 2.96. The van der Waals surface area contributed by atoms with Gasteiger partial charge in [0, 0.05) is 18.7 Å². The monoisotopic (exact) mass is 464 g/mol. The van der Waals surface area contributed by atoms with E-state index >= 15 is 0 Å². The molecule has 1 aliphatic rings. The normalized spacial score (nSPS) is 14.0. The van der Waals surface area contributed by atoms with Gasteiger partial charge in [0.1, 0.15) is 6.33 Å². The van der Waals surface area contributed by atoms with Crippen LogP contribution in [0.15, 0.2) is 35.5 Å². The highest BCUT2D eigenvalue weighted by atomic mass is 32.2. The maximum Gasteiger partial charge on any atom is 0.354 e. The number of hydrogen-bond acceptors (Lipinski definition) is 10. The third-order valence-corrected chi connectivity index (χ3v) is 6.50. The molecule has 1 aromatic carbocycles. The maximum absolute atomic E-state index is 12.5. The number of sulfonamides is 1. The minimum Gasteiger partial charge on any atom is -0.378 e. The van der Waals surface area contributed by atoms with Crippen LogP contribution >= 0.6 is 0 Å². The van der Waals surface area contributed by atoms with Crippen molar-refractivity contribution in [2.45, 2.75) is 17.7 Å². The number of amides is 2. The molecule has 0 radical (unpaired) electrons. The van der Waals surface area contributed by atoms with Crippen LogP contribution in [0.3, 0.4) is 0 Å². The van der Waals surface area contributed by atoms with Gasteiger partial charge in [0.2, 0.25) is 21.7 Å². The van der Waals surface area contributed by atoms with E-state index in [1.165, 1.54) is 28.6 Å². The molecule has 0 bridgehead atoms. The van der Waals surface area contributed by atoms with E-state index in [1.54, 1.807) is 0 Å². The minimum atomic E-state index is -3.59. The van der Waals surface area contributed by atoms with E-state index in [2.05, 4.69) is 26.1 Å². The zero-order valence-corrected chi connectivity index (χ0v) is 17.5. The second kappa shape index (κ2) is 9.52. The lowest BCUT2D eigenvalue weighted by Crippen LogP contribution is -2.39. The highest BCUT2D eigenvalue weighted by Gasteiger charge is 2.27. The van der Waals surface area contributed by atoms with Crippen LogP contribution in [0.4, 0.5) is 17.3 Å². The molecule has 0 unspecified atom stereocenters. The number of nitrogens with zero attached hydrogens (tertiary/aromatic N) is 4. The van der Waals surface area contributed by atoms with Crippen molar-refractivity contribution in [1.29, 1.82) is 0 Å². The molecule has 1 saturated heterocycles. The molecule has 32 heavy (non-hydrogen) atoms. The third kappa shape index (κ3) is 5.06. The molecule has 1 fully saturated rings. The van der Waals surface area contributed by atoms with Crippen LogP contribution in [0.5, 0.6) is 0 Å². The Hall–Kier alpha value is -3.85. The molecule has 14 nitrogen and oxygen atoms in total. The highest BCUT2D eigenvalue weighted by molar-refractivity contribution is 7.89. The van der Waals surface area contributed by atoms with Crippen molar-refractivity contribution in [3.63, 3.8) is 0 Å². The van der Waals surface area contributed by atoms with Gasteiger partial charge in [-0.2, -0.15) is 4.31 Å². The fraction of sp³-hybridized carbons (Fsp3) is 0.294. The summed E-state index contributed by atoms with van der Waals surface area (Å²) in [6.45, 7) is 0.477. The molecular weight excluding hydrogens is 444 g/mol. The van der Waals surface area contributed by atoms with Crippen molar-refractivity contribution in [2.75, 3.05) is 30.8 Å². The van der Waals surface area contributed by atoms with Crippen molar-refractivity contribution < 1.29 is 22.9 Å². The van der Waals surface area contributed by atoms with E-state index in [4.69, 9.17) is 5.73 Å². The zero-order valence-electron chi connectivity index (χ0n) is 16.6. The smallest absolute Gasteiger partial charge is 0.354 e. The standard InChI is InChI=1S/C17H20N8O6S/c18-15-14(25(28)29)16(21-10-20-15)23-22-13(26)9-19-17(27)11-3-5-12(6-4-11)32(30,31)24-7-1-2-8-24/h3-6,10H,1-2,7-9H2,(H,19,27)(H,22,26)(H3,18,20,21,23). The van der Waals surface area contributed by atoms with Crippen LogP contribution in [0.25, 0.3) is 0 Å².